The summed E-state index contributed by atoms with van der Waals surface area (Å²) in [6, 6.07) is 7.15. The van der Waals surface area contributed by atoms with E-state index in [9.17, 15) is 4.79 Å². The molecule has 2 N–H and O–H groups in total. The van der Waals surface area contributed by atoms with Crippen LogP contribution < -0.4 is 11.3 Å². The summed E-state index contributed by atoms with van der Waals surface area (Å²) in [4.78, 5) is 12.1. The molecule has 0 fully saturated rings. The molecule has 5 nitrogen and oxygen atoms in total. The predicted molar refractivity (Wildman–Crippen MR) is 62.2 cm³/mol. The Bertz CT molecular complexity index is 573. The van der Waals surface area contributed by atoms with Crippen molar-refractivity contribution in [3.63, 3.8) is 0 Å². The maximum Gasteiger partial charge on any atom is 0.278 e. The minimum Gasteiger partial charge on any atom is -0.328 e. The Balaban J connectivity index is 2.76. The molecule has 0 aliphatic rings. The zero-order valence-corrected chi connectivity index (χ0v) is 9.34. The average Bonchev–Trinajstić information content (AvgIpc) is 2.29. The number of nitrogens with two attached hydrogens (primary N) is 1. The summed E-state index contributed by atoms with van der Waals surface area (Å²) in [5.41, 5.74) is 5.56. The van der Waals surface area contributed by atoms with Crippen molar-refractivity contribution in [2.75, 3.05) is 6.54 Å². The number of aromatic nitrogens is 3. The molecule has 0 spiro atoms. The van der Waals surface area contributed by atoms with Gasteiger partial charge in [-0.2, -0.15) is 0 Å². The maximum absolute atomic E-state index is 12.1. The molecule has 84 valence electrons. The molecule has 16 heavy (non-hydrogen) atoms. The van der Waals surface area contributed by atoms with Gasteiger partial charge in [-0.25, -0.2) is 4.68 Å². The molecule has 1 aromatic heterocycles. The molecule has 1 heterocycles. The molecule has 0 saturated heterocycles. The summed E-state index contributed by atoms with van der Waals surface area (Å²) < 4.78 is 1.34. The Morgan fingerprint density at radius 3 is 2.75 bits per heavy atom. The van der Waals surface area contributed by atoms with E-state index in [-0.39, 0.29) is 5.56 Å². The SMILES string of the molecule is CC(C)(CN)n1nnc2ccccc2c1=O. The second-order valence-electron chi connectivity index (χ2n) is 4.34. The summed E-state index contributed by atoms with van der Waals surface area (Å²) in [6.07, 6.45) is 0. The number of benzene rings is 1. The van der Waals surface area contributed by atoms with Gasteiger partial charge in [0.05, 0.1) is 10.9 Å². The Morgan fingerprint density at radius 1 is 1.38 bits per heavy atom. The number of nitrogens with zero attached hydrogens (tertiary/aromatic N) is 3. The van der Waals surface area contributed by atoms with Gasteiger partial charge < -0.3 is 5.73 Å². The van der Waals surface area contributed by atoms with E-state index in [0.29, 0.717) is 17.4 Å². The maximum atomic E-state index is 12.1. The fourth-order valence-electron chi connectivity index (χ4n) is 1.47. The standard InChI is InChI=1S/C11H14N4O/c1-11(2,7-12)15-10(16)8-5-3-4-6-9(8)13-14-15/h3-6H,7,12H2,1-2H3. The Morgan fingerprint density at radius 2 is 2.06 bits per heavy atom. The van der Waals surface area contributed by atoms with Gasteiger partial charge in [0.1, 0.15) is 5.52 Å². The van der Waals surface area contributed by atoms with Crippen LogP contribution in [0.25, 0.3) is 10.9 Å². The van der Waals surface area contributed by atoms with E-state index >= 15 is 0 Å². The molecule has 0 unspecified atom stereocenters. The predicted octanol–water partition coefficient (Wildman–Crippen LogP) is 0.485. The van der Waals surface area contributed by atoms with Crippen LogP contribution in [0.4, 0.5) is 0 Å². The van der Waals surface area contributed by atoms with Crippen molar-refractivity contribution in [3.8, 4) is 0 Å². The summed E-state index contributed by atoms with van der Waals surface area (Å²) in [5.74, 6) is 0. The number of rotatable bonds is 2. The van der Waals surface area contributed by atoms with Gasteiger partial charge in [0, 0.05) is 6.54 Å². The molecule has 0 bridgehead atoms. The van der Waals surface area contributed by atoms with E-state index < -0.39 is 5.54 Å². The third kappa shape index (κ3) is 1.59. The quantitative estimate of drug-likeness (QED) is 0.795. The third-order valence-electron chi connectivity index (χ3n) is 2.64. The van der Waals surface area contributed by atoms with Crippen molar-refractivity contribution in [3.05, 3.63) is 34.6 Å². The van der Waals surface area contributed by atoms with Crippen molar-refractivity contribution in [1.29, 1.82) is 0 Å². The first-order valence-corrected chi connectivity index (χ1v) is 5.11. The minimum atomic E-state index is -0.520. The molecule has 0 atom stereocenters. The molecule has 0 aliphatic heterocycles. The first-order valence-electron chi connectivity index (χ1n) is 5.11. The first-order chi connectivity index (χ1) is 7.56. The normalized spacial score (nSPS) is 11.9. The highest BCUT2D eigenvalue weighted by Crippen LogP contribution is 2.10. The van der Waals surface area contributed by atoms with Gasteiger partial charge in [0.25, 0.3) is 5.56 Å². The lowest BCUT2D eigenvalue weighted by molar-refractivity contribution is 0.305. The van der Waals surface area contributed by atoms with Crippen LogP contribution in [0.5, 0.6) is 0 Å². The molecule has 0 aliphatic carbocycles. The molecule has 0 radical (unpaired) electrons. The van der Waals surface area contributed by atoms with Gasteiger partial charge in [0.15, 0.2) is 0 Å². The highest BCUT2D eigenvalue weighted by molar-refractivity contribution is 5.76. The molecule has 2 rings (SSSR count). The van der Waals surface area contributed by atoms with Crippen LogP contribution in [0, 0.1) is 0 Å². The van der Waals surface area contributed by atoms with E-state index in [1.807, 2.05) is 26.0 Å². The zero-order chi connectivity index (χ0) is 11.8. The Hall–Kier alpha value is -1.75. The monoisotopic (exact) mass is 218 g/mol. The first kappa shape index (κ1) is 10.8. The van der Waals surface area contributed by atoms with Crippen molar-refractivity contribution < 1.29 is 0 Å². The lowest BCUT2D eigenvalue weighted by Gasteiger charge is -2.23. The Labute approximate surface area is 92.9 Å². The van der Waals surface area contributed by atoms with Crippen LogP contribution >= 0.6 is 0 Å². The summed E-state index contributed by atoms with van der Waals surface area (Å²) in [5, 5.41) is 8.51. The highest BCUT2D eigenvalue weighted by atomic mass is 16.1. The molecule has 2 aromatic rings. The summed E-state index contributed by atoms with van der Waals surface area (Å²) in [6.45, 7) is 4.05. The Kier molecular flexibility index (Phi) is 2.47. The van der Waals surface area contributed by atoms with Crippen molar-refractivity contribution in [2.45, 2.75) is 19.4 Å². The van der Waals surface area contributed by atoms with Gasteiger partial charge in [-0.05, 0) is 26.0 Å². The summed E-state index contributed by atoms with van der Waals surface area (Å²) >= 11 is 0. The van der Waals surface area contributed by atoms with E-state index in [1.54, 1.807) is 12.1 Å². The van der Waals surface area contributed by atoms with Gasteiger partial charge in [-0.15, -0.1) is 5.10 Å². The van der Waals surface area contributed by atoms with Crippen LogP contribution in [0.1, 0.15) is 13.8 Å². The minimum absolute atomic E-state index is 0.152. The zero-order valence-electron chi connectivity index (χ0n) is 9.34. The second-order valence-corrected chi connectivity index (χ2v) is 4.34. The van der Waals surface area contributed by atoms with Crippen LogP contribution in [-0.2, 0) is 5.54 Å². The van der Waals surface area contributed by atoms with Crippen molar-refractivity contribution in [1.82, 2.24) is 15.0 Å². The topological polar surface area (TPSA) is 73.8 Å². The van der Waals surface area contributed by atoms with Gasteiger partial charge in [-0.1, -0.05) is 17.3 Å². The lowest BCUT2D eigenvalue weighted by atomic mass is 10.1. The highest BCUT2D eigenvalue weighted by Gasteiger charge is 2.22. The van der Waals surface area contributed by atoms with Crippen LogP contribution in [0.2, 0.25) is 0 Å². The molecule has 1 aromatic carbocycles. The third-order valence-corrected chi connectivity index (χ3v) is 2.64. The van der Waals surface area contributed by atoms with Crippen LogP contribution in [-0.4, -0.2) is 21.5 Å². The smallest absolute Gasteiger partial charge is 0.278 e. The molecule has 0 saturated carbocycles. The molecule has 0 amide bonds. The van der Waals surface area contributed by atoms with Crippen LogP contribution in [0.15, 0.2) is 29.1 Å². The van der Waals surface area contributed by atoms with Gasteiger partial charge >= 0.3 is 0 Å². The van der Waals surface area contributed by atoms with Crippen LogP contribution in [0.3, 0.4) is 0 Å². The molecular formula is C11H14N4O. The van der Waals surface area contributed by atoms with E-state index in [2.05, 4.69) is 10.3 Å². The number of hydrogen-bond donors (Lipinski definition) is 1. The van der Waals surface area contributed by atoms with E-state index in [0.717, 1.165) is 0 Å². The van der Waals surface area contributed by atoms with Gasteiger partial charge in [-0.3, -0.25) is 4.79 Å². The second kappa shape index (κ2) is 3.68. The largest absolute Gasteiger partial charge is 0.328 e. The van der Waals surface area contributed by atoms with Crippen molar-refractivity contribution >= 4 is 10.9 Å². The van der Waals surface area contributed by atoms with Gasteiger partial charge in [0.2, 0.25) is 0 Å². The van der Waals surface area contributed by atoms with E-state index in [4.69, 9.17) is 5.73 Å². The molecule has 5 heteroatoms. The number of hydrogen-bond acceptors (Lipinski definition) is 4. The van der Waals surface area contributed by atoms with E-state index in [1.165, 1.54) is 4.68 Å². The lowest BCUT2D eigenvalue weighted by Crippen LogP contribution is -2.44. The number of fused-ring (bicyclic) bond motifs is 1. The fraction of sp³-hybridized carbons (Fsp3) is 0.364. The fourth-order valence-corrected chi connectivity index (χ4v) is 1.47. The summed E-state index contributed by atoms with van der Waals surface area (Å²) in [7, 11) is 0. The average molecular weight is 218 g/mol. The molecular weight excluding hydrogens is 204 g/mol. The van der Waals surface area contributed by atoms with Crippen molar-refractivity contribution in [2.24, 2.45) is 5.73 Å².